The number of alkyl halides is 3. The van der Waals surface area contributed by atoms with Crippen LogP contribution in [0.5, 0.6) is 0 Å². The second-order valence-corrected chi connectivity index (χ2v) is 4.45. The zero-order valence-electron chi connectivity index (χ0n) is 8.99. The molecule has 7 heteroatoms. The number of carbonyl (C=O) groups is 1. The monoisotopic (exact) mass is 275 g/mol. The molecule has 0 saturated carbocycles. The minimum Gasteiger partial charge on any atom is -0.481 e. The number of halogens is 3. The van der Waals surface area contributed by atoms with Gasteiger partial charge in [-0.25, -0.2) is 0 Å². The zero-order chi connectivity index (χ0) is 13.8. The van der Waals surface area contributed by atoms with E-state index in [1.54, 1.807) is 6.07 Å². The van der Waals surface area contributed by atoms with Gasteiger partial charge in [-0.05, 0) is 18.2 Å². The van der Waals surface area contributed by atoms with Crippen LogP contribution in [0.2, 0.25) is 0 Å². The molecule has 0 atom stereocenters. The van der Waals surface area contributed by atoms with Crippen molar-refractivity contribution >= 4 is 17.7 Å². The molecule has 0 heterocycles. The molecule has 0 radical (unpaired) electrons. The third kappa shape index (κ3) is 3.96. The summed E-state index contributed by atoms with van der Waals surface area (Å²) in [5.41, 5.74) is -0.984. The van der Waals surface area contributed by atoms with Gasteiger partial charge in [0.2, 0.25) is 0 Å². The Hall–Kier alpha value is -1.68. The molecule has 0 aliphatic rings. The van der Waals surface area contributed by atoms with E-state index in [-0.39, 0.29) is 17.7 Å². The van der Waals surface area contributed by atoms with Gasteiger partial charge >= 0.3 is 12.1 Å². The molecular weight excluding hydrogens is 267 g/mol. The van der Waals surface area contributed by atoms with Crippen molar-refractivity contribution in [1.29, 1.82) is 5.26 Å². The van der Waals surface area contributed by atoms with E-state index in [1.165, 1.54) is 6.07 Å². The summed E-state index contributed by atoms with van der Waals surface area (Å²) >= 11 is 1.05. The average Bonchev–Trinajstić information content (AvgIpc) is 2.27. The molecule has 18 heavy (non-hydrogen) atoms. The van der Waals surface area contributed by atoms with Crippen LogP contribution in [-0.2, 0) is 11.0 Å². The Bertz CT molecular complexity index is 494. The van der Waals surface area contributed by atoms with Gasteiger partial charge in [-0.1, -0.05) is 0 Å². The van der Waals surface area contributed by atoms with Gasteiger partial charge in [-0.3, -0.25) is 4.79 Å². The van der Waals surface area contributed by atoms with Gasteiger partial charge in [0.15, 0.2) is 0 Å². The van der Waals surface area contributed by atoms with E-state index in [2.05, 4.69) is 0 Å². The standard InChI is InChI=1S/C11H8F3NO2S/c12-11(13,14)8-1-2-9(7(5-8)6-15)18-4-3-10(16)17/h1-2,5H,3-4H2,(H,16,17). The number of benzene rings is 1. The van der Waals surface area contributed by atoms with Gasteiger partial charge in [0.25, 0.3) is 0 Å². The molecule has 0 aromatic heterocycles. The summed E-state index contributed by atoms with van der Waals surface area (Å²) in [5, 5.41) is 17.2. The summed E-state index contributed by atoms with van der Waals surface area (Å²) in [5.74, 6) is -0.789. The van der Waals surface area contributed by atoms with Gasteiger partial charge in [0, 0.05) is 10.6 Å². The third-order valence-corrected chi connectivity index (χ3v) is 3.08. The number of carboxylic acid groups (broad SMARTS) is 1. The minimum atomic E-state index is -4.49. The Kier molecular flexibility index (Phi) is 4.62. The first-order valence-corrected chi connectivity index (χ1v) is 5.79. The highest BCUT2D eigenvalue weighted by Crippen LogP contribution is 2.33. The number of hydrogen-bond donors (Lipinski definition) is 1. The molecule has 3 nitrogen and oxygen atoms in total. The quantitative estimate of drug-likeness (QED) is 0.857. The molecule has 0 amide bonds. The molecule has 0 fully saturated rings. The Morgan fingerprint density at radius 1 is 1.44 bits per heavy atom. The molecule has 1 aromatic carbocycles. The van der Waals surface area contributed by atoms with Crippen LogP contribution in [-0.4, -0.2) is 16.8 Å². The first-order valence-electron chi connectivity index (χ1n) is 4.80. The predicted octanol–water partition coefficient (Wildman–Crippen LogP) is 3.14. The van der Waals surface area contributed by atoms with E-state index in [4.69, 9.17) is 10.4 Å². The first kappa shape index (κ1) is 14.4. The lowest BCUT2D eigenvalue weighted by Gasteiger charge is -2.09. The van der Waals surface area contributed by atoms with E-state index >= 15 is 0 Å². The Morgan fingerprint density at radius 2 is 2.11 bits per heavy atom. The molecule has 0 bridgehead atoms. The molecule has 1 aromatic rings. The lowest BCUT2D eigenvalue weighted by molar-refractivity contribution is -0.138. The van der Waals surface area contributed by atoms with Crippen molar-refractivity contribution in [2.24, 2.45) is 0 Å². The largest absolute Gasteiger partial charge is 0.481 e. The normalized spacial score (nSPS) is 11.0. The molecule has 0 aliphatic carbocycles. The molecule has 0 aliphatic heterocycles. The van der Waals surface area contributed by atoms with Crippen LogP contribution in [0.1, 0.15) is 17.5 Å². The van der Waals surface area contributed by atoms with Crippen LogP contribution in [0.15, 0.2) is 23.1 Å². The molecule has 1 rings (SSSR count). The van der Waals surface area contributed by atoms with Crippen molar-refractivity contribution in [3.05, 3.63) is 29.3 Å². The lowest BCUT2D eigenvalue weighted by Crippen LogP contribution is -2.05. The number of hydrogen-bond acceptors (Lipinski definition) is 3. The SMILES string of the molecule is N#Cc1cc(C(F)(F)F)ccc1SCCC(=O)O. The van der Waals surface area contributed by atoms with Crippen molar-refractivity contribution in [3.8, 4) is 6.07 Å². The van der Waals surface area contributed by atoms with E-state index in [0.717, 1.165) is 23.9 Å². The van der Waals surface area contributed by atoms with Crippen LogP contribution < -0.4 is 0 Å². The Morgan fingerprint density at radius 3 is 2.61 bits per heavy atom. The Balaban J connectivity index is 2.88. The topological polar surface area (TPSA) is 61.1 Å². The van der Waals surface area contributed by atoms with Crippen molar-refractivity contribution < 1.29 is 23.1 Å². The molecule has 0 spiro atoms. The van der Waals surface area contributed by atoms with Crippen molar-refractivity contribution in [1.82, 2.24) is 0 Å². The first-order chi connectivity index (χ1) is 8.34. The van der Waals surface area contributed by atoms with Gasteiger partial charge in [-0.15, -0.1) is 11.8 Å². The number of thioether (sulfide) groups is 1. The maximum atomic E-state index is 12.4. The van der Waals surface area contributed by atoms with Crippen molar-refractivity contribution in [2.75, 3.05) is 5.75 Å². The second-order valence-electron chi connectivity index (χ2n) is 3.31. The number of aliphatic carboxylic acids is 1. The highest BCUT2D eigenvalue weighted by Gasteiger charge is 2.31. The van der Waals surface area contributed by atoms with Crippen LogP contribution in [0.4, 0.5) is 13.2 Å². The Labute approximate surface area is 105 Å². The minimum absolute atomic E-state index is 0.0970. The average molecular weight is 275 g/mol. The highest BCUT2D eigenvalue weighted by atomic mass is 32.2. The summed E-state index contributed by atoms with van der Waals surface area (Å²) in [6.07, 6.45) is -4.60. The number of nitriles is 1. The molecule has 0 saturated heterocycles. The predicted molar refractivity (Wildman–Crippen MR) is 59.1 cm³/mol. The summed E-state index contributed by atoms with van der Waals surface area (Å²) in [6, 6.07) is 4.51. The molecule has 96 valence electrons. The van der Waals surface area contributed by atoms with Crippen molar-refractivity contribution in [2.45, 2.75) is 17.5 Å². The molecule has 0 unspecified atom stereocenters. The van der Waals surface area contributed by atoms with E-state index in [9.17, 15) is 18.0 Å². The fraction of sp³-hybridized carbons (Fsp3) is 0.273. The summed E-state index contributed by atoms with van der Waals surface area (Å²) < 4.78 is 37.2. The fourth-order valence-electron chi connectivity index (χ4n) is 1.17. The highest BCUT2D eigenvalue weighted by molar-refractivity contribution is 7.99. The van der Waals surface area contributed by atoms with Gasteiger partial charge in [0.05, 0.1) is 17.5 Å². The zero-order valence-corrected chi connectivity index (χ0v) is 9.81. The van der Waals surface area contributed by atoms with Crippen LogP contribution in [0, 0.1) is 11.3 Å². The summed E-state index contributed by atoms with van der Waals surface area (Å²) in [4.78, 5) is 10.7. The second kappa shape index (κ2) is 5.78. The summed E-state index contributed by atoms with van der Waals surface area (Å²) in [6.45, 7) is 0. The lowest BCUT2D eigenvalue weighted by atomic mass is 10.1. The van der Waals surface area contributed by atoms with Crippen LogP contribution in [0.3, 0.4) is 0 Å². The summed E-state index contributed by atoms with van der Waals surface area (Å²) in [7, 11) is 0. The number of nitrogens with zero attached hydrogens (tertiary/aromatic N) is 1. The van der Waals surface area contributed by atoms with Crippen LogP contribution in [0.25, 0.3) is 0 Å². The smallest absolute Gasteiger partial charge is 0.416 e. The maximum absolute atomic E-state index is 12.4. The van der Waals surface area contributed by atoms with E-state index < -0.39 is 17.7 Å². The van der Waals surface area contributed by atoms with Crippen molar-refractivity contribution in [3.63, 3.8) is 0 Å². The van der Waals surface area contributed by atoms with Gasteiger partial charge in [0.1, 0.15) is 6.07 Å². The third-order valence-electron chi connectivity index (χ3n) is 2.00. The number of carboxylic acids is 1. The maximum Gasteiger partial charge on any atom is 0.416 e. The van der Waals surface area contributed by atoms with Gasteiger partial charge < -0.3 is 5.11 Å². The van der Waals surface area contributed by atoms with Crippen LogP contribution >= 0.6 is 11.8 Å². The van der Waals surface area contributed by atoms with E-state index in [0.29, 0.717) is 4.90 Å². The molecular formula is C11H8F3NO2S. The molecule has 1 N–H and O–H groups in total. The fourth-order valence-corrected chi connectivity index (χ4v) is 2.09. The van der Waals surface area contributed by atoms with E-state index in [1.807, 2.05) is 0 Å². The van der Waals surface area contributed by atoms with Gasteiger partial charge in [-0.2, -0.15) is 18.4 Å². The number of rotatable bonds is 4.